The Kier molecular flexibility index (Phi) is 30.8. The lowest BCUT2D eigenvalue weighted by atomic mass is 10.0. The normalized spacial score (nSPS) is 12.4. The van der Waals surface area contributed by atoms with Crippen LogP contribution in [0, 0.1) is 0 Å². The molecule has 0 aliphatic carbocycles. The van der Waals surface area contributed by atoms with Gasteiger partial charge in [-0.2, -0.15) is 0 Å². The molecule has 0 saturated carbocycles. The van der Waals surface area contributed by atoms with Crippen molar-refractivity contribution in [2.24, 2.45) is 0 Å². The minimum absolute atomic E-state index is 0. The Hall–Kier alpha value is 0.0800. The molecule has 0 aromatic heterocycles. The Morgan fingerprint density at radius 1 is 0.649 bits per heavy atom. The molecular weight excluding hydrogens is 577 g/mol. The lowest BCUT2D eigenvalue weighted by Crippen LogP contribution is -3.00. The smallest absolute Gasteiger partial charge is 0.305 e. The first-order valence-corrected chi connectivity index (χ1v) is 15.5. The van der Waals surface area contributed by atoms with Crippen LogP contribution in [0.3, 0.4) is 0 Å². The zero-order valence-corrected chi connectivity index (χ0v) is 27.7. The number of esters is 1. The molecule has 224 valence electrons. The minimum atomic E-state index is -0.161. The van der Waals surface area contributed by atoms with Gasteiger partial charge in [-0.25, -0.2) is 0 Å². The largest absolute Gasteiger partial charge is 1.00 e. The van der Waals surface area contributed by atoms with Crippen LogP contribution in [0.5, 0.6) is 0 Å². The molecule has 6 heteroatoms. The Balaban J connectivity index is 0. The minimum Gasteiger partial charge on any atom is -1.00 e. The summed E-state index contributed by atoms with van der Waals surface area (Å²) >= 11 is 0. The fourth-order valence-corrected chi connectivity index (χ4v) is 4.46. The quantitative estimate of drug-likeness (QED) is 0.0517. The van der Waals surface area contributed by atoms with Gasteiger partial charge in [-0.1, -0.05) is 103 Å². The molecule has 5 nitrogen and oxygen atoms in total. The number of carbonyl (C=O) groups is 1. The number of carbonyl (C=O) groups excluding carboxylic acids is 1. The van der Waals surface area contributed by atoms with Crippen molar-refractivity contribution in [2.75, 3.05) is 54.1 Å². The molecule has 0 aliphatic rings. The second-order valence-corrected chi connectivity index (χ2v) is 11.6. The molecule has 37 heavy (non-hydrogen) atoms. The van der Waals surface area contributed by atoms with Crippen LogP contribution in [-0.4, -0.2) is 70.7 Å². The topological polar surface area (TPSA) is 44.8 Å². The highest BCUT2D eigenvalue weighted by Gasteiger charge is 2.13. The van der Waals surface area contributed by atoms with E-state index in [0.717, 1.165) is 36.9 Å². The van der Waals surface area contributed by atoms with E-state index in [1.165, 1.54) is 96.3 Å². The average Bonchev–Trinajstić information content (AvgIpc) is 2.83. The van der Waals surface area contributed by atoms with E-state index < -0.39 is 0 Å². The third-order valence-corrected chi connectivity index (χ3v) is 6.74. The summed E-state index contributed by atoms with van der Waals surface area (Å²) in [6.45, 7) is 7.49. The molecule has 0 spiro atoms. The van der Waals surface area contributed by atoms with Crippen molar-refractivity contribution in [2.45, 2.75) is 142 Å². The number of ether oxygens (including phenoxy) is 3. The lowest BCUT2D eigenvalue weighted by molar-refractivity contribution is -0.870. The van der Waals surface area contributed by atoms with Gasteiger partial charge in [0, 0.05) is 19.6 Å². The fraction of sp³-hybridized carbons (Fsp3) is 0.968. The Morgan fingerprint density at radius 2 is 1.14 bits per heavy atom. The highest BCUT2D eigenvalue weighted by Crippen LogP contribution is 2.14. The van der Waals surface area contributed by atoms with Gasteiger partial charge in [0.15, 0.2) is 0 Å². The molecule has 0 radical (unpaired) electrons. The summed E-state index contributed by atoms with van der Waals surface area (Å²) < 4.78 is 17.9. The molecule has 0 fully saturated rings. The Labute approximate surface area is 248 Å². The van der Waals surface area contributed by atoms with Crippen LogP contribution in [0.1, 0.15) is 136 Å². The van der Waals surface area contributed by atoms with Crippen molar-refractivity contribution < 1.29 is 47.5 Å². The SMILES string of the molecule is CCCCCCCCCCCCCCCCCCOCC(COC(=O)CCCC[N+](C)(C)C)OCC.[I-]. The van der Waals surface area contributed by atoms with Gasteiger partial charge in [0.25, 0.3) is 0 Å². The molecule has 0 aromatic carbocycles. The maximum Gasteiger partial charge on any atom is 0.305 e. The third-order valence-electron chi connectivity index (χ3n) is 6.74. The van der Waals surface area contributed by atoms with Crippen LogP contribution in [0.4, 0.5) is 0 Å². The summed E-state index contributed by atoms with van der Waals surface area (Å²) in [6.07, 6.45) is 24.3. The van der Waals surface area contributed by atoms with Crippen molar-refractivity contribution >= 4 is 5.97 Å². The monoisotopic (exact) mass is 641 g/mol. The Bertz CT molecular complexity index is 471. The molecule has 0 N–H and O–H groups in total. The first kappa shape index (κ1) is 39.2. The van der Waals surface area contributed by atoms with Crippen LogP contribution in [-0.2, 0) is 19.0 Å². The van der Waals surface area contributed by atoms with Gasteiger partial charge in [0.1, 0.15) is 12.7 Å². The zero-order valence-electron chi connectivity index (χ0n) is 25.5. The molecule has 0 saturated heterocycles. The van der Waals surface area contributed by atoms with Crippen molar-refractivity contribution in [1.29, 1.82) is 0 Å². The Morgan fingerprint density at radius 3 is 1.59 bits per heavy atom. The van der Waals surface area contributed by atoms with Crippen LogP contribution < -0.4 is 24.0 Å². The molecule has 1 unspecified atom stereocenters. The molecule has 0 rings (SSSR count). The molecule has 1 atom stereocenters. The molecule has 0 aromatic rings. The lowest BCUT2D eigenvalue weighted by Gasteiger charge is -2.23. The number of unbranched alkanes of at least 4 members (excludes halogenated alkanes) is 16. The number of nitrogens with zero attached hydrogens (tertiary/aromatic N) is 1. The van der Waals surface area contributed by atoms with E-state index in [2.05, 4.69) is 28.1 Å². The maximum absolute atomic E-state index is 12.0. The second kappa shape index (κ2) is 29.1. The van der Waals surface area contributed by atoms with Crippen molar-refractivity contribution in [3.05, 3.63) is 0 Å². The summed E-state index contributed by atoms with van der Waals surface area (Å²) in [4.78, 5) is 12.0. The number of quaternary nitrogens is 1. The van der Waals surface area contributed by atoms with E-state index in [-0.39, 0.29) is 36.0 Å². The zero-order chi connectivity index (χ0) is 26.7. The number of halogens is 1. The van der Waals surface area contributed by atoms with Gasteiger partial charge in [-0.3, -0.25) is 4.79 Å². The highest BCUT2D eigenvalue weighted by atomic mass is 127. The van der Waals surface area contributed by atoms with Gasteiger partial charge in [0.05, 0.1) is 34.3 Å². The first-order valence-electron chi connectivity index (χ1n) is 15.5. The molecule has 0 heterocycles. The van der Waals surface area contributed by atoms with E-state index >= 15 is 0 Å². The van der Waals surface area contributed by atoms with Crippen LogP contribution in [0.25, 0.3) is 0 Å². The van der Waals surface area contributed by atoms with Gasteiger partial charge < -0.3 is 42.7 Å². The maximum atomic E-state index is 12.0. The third kappa shape index (κ3) is 32.2. The van der Waals surface area contributed by atoms with Crippen molar-refractivity contribution in [3.63, 3.8) is 0 Å². The second-order valence-electron chi connectivity index (χ2n) is 11.6. The van der Waals surface area contributed by atoms with E-state index in [0.29, 0.717) is 26.2 Å². The average molecular weight is 642 g/mol. The van der Waals surface area contributed by atoms with Gasteiger partial charge in [-0.15, -0.1) is 0 Å². The van der Waals surface area contributed by atoms with E-state index in [1.54, 1.807) is 0 Å². The van der Waals surface area contributed by atoms with Gasteiger partial charge in [0.2, 0.25) is 0 Å². The van der Waals surface area contributed by atoms with Crippen molar-refractivity contribution in [3.8, 4) is 0 Å². The molecule has 0 amide bonds. The summed E-state index contributed by atoms with van der Waals surface area (Å²) in [5.74, 6) is -0.126. The number of hydrogen-bond donors (Lipinski definition) is 0. The van der Waals surface area contributed by atoms with E-state index in [1.807, 2.05) is 6.92 Å². The van der Waals surface area contributed by atoms with Gasteiger partial charge >= 0.3 is 5.97 Å². The predicted octanol–water partition coefficient (Wildman–Crippen LogP) is 5.09. The molecule has 0 aliphatic heterocycles. The summed E-state index contributed by atoms with van der Waals surface area (Å²) in [5.41, 5.74) is 0. The number of rotatable bonds is 28. The standard InChI is InChI=1S/C31H64NO4.HI/c1-6-8-9-10-11-12-13-14-15-16-17-18-19-20-21-24-27-34-28-30(35-7-2)29-36-31(33)25-22-23-26-32(3,4)5;/h30H,6-29H2,1-5H3;1H/q+1;/p-1. The molecular formula is C31H64INO4. The van der Waals surface area contributed by atoms with Crippen LogP contribution in [0.15, 0.2) is 0 Å². The predicted molar refractivity (Wildman–Crippen MR) is 153 cm³/mol. The van der Waals surface area contributed by atoms with E-state index in [9.17, 15) is 4.79 Å². The molecule has 0 bridgehead atoms. The van der Waals surface area contributed by atoms with Crippen LogP contribution in [0.2, 0.25) is 0 Å². The van der Waals surface area contributed by atoms with E-state index in [4.69, 9.17) is 14.2 Å². The van der Waals surface area contributed by atoms with Crippen LogP contribution >= 0.6 is 0 Å². The summed E-state index contributed by atoms with van der Waals surface area (Å²) in [6, 6.07) is 0. The highest BCUT2D eigenvalue weighted by molar-refractivity contribution is 5.69. The summed E-state index contributed by atoms with van der Waals surface area (Å²) in [7, 11) is 6.51. The number of hydrogen-bond acceptors (Lipinski definition) is 4. The van der Waals surface area contributed by atoms with Crippen molar-refractivity contribution in [1.82, 2.24) is 0 Å². The summed E-state index contributed by atoms with van der Waals surface area (Å²) in [5, 5.41) is 0. The fourth-order valence-electron chi connectivity index (χ4n) is 4.46. The van der Waals surface area contributed by atoms with Gasteiger partial charge in [-0.05, 0) is 26.2 Å². The first-order chi connectivity index (χ1) is 17.4.